The summed E-state index contributed by atoms with van der Waals surface area (Å²) >= 11 is 5.10. The van der Waals surface area contributed by atoms with Gasteiger partial charge in [0.15, 0.2) is 5.11 Å². The van der Waals surface area contributed by atoms with Crippen LogP contribution in [0.15, 0.2) is 54.1 Å². The van der Waals surface area contributed by atoms with Gasteiger partial charge in [-0.2, -0.15) is 0 Å². The van der Waals surface area contributed by atoms with Crippen molar-refractivity contribution < 1.29 is 18.7 Å². The van der Waals surface area contributed by atoms with Gasteiger partial charge in [0, 0.05) is 0 Å². The Morgan fingerprint density at radius 3 is 2.38 bits per heavy atom. The molecule has 7 heteroatoms. The number of halogens is 1. The molecule has 26 heavy (non-hydrogen) atoms. The molecule has 0 unspecified atom stereocenters. The van der Waals surface area contributed by atoms with Gasteiger partial charge in [0.1, 0.15) is 17.1 Å². The Bertz CT molecular complexity index is 892. The molecular weight excluding hydrogens is 355 g/mol. The van der Waals surface area contributed by atoms with E-state index in [0.29, 0.717) is 23.6 Å². The van der Waals surface area contributed by atoms with Gasteiger partial charge in [0.05, 0.1) is 12.3 Å². The number of carbonyl (C=O) groups is 2. The molecule has 2 aromatic carbocycles. The number of benzene rings is 2. The van der Waals surface area contributed by atoms with E-state index >= 15 is 0 Å². The van der Waals surface area contributed by atoms with Crippen molar-refractivity contribution >= 4 is 40.9 Å². The second kappa shape index (κ2) is 7.45. The van der Waals surface area contributed by atoms with Crippen molar-refractivity contribution in [3.05, 3.63) is 65.5 Å². The summed E-state index contributed by atoms with van der Waals surface area (Å²) in [4.78, 5) is 26.2. The smallest absolute Gasteiger partial charge is 0.270 e. The molecule has 0 saturated carbocycles. The first-order valence-electron chi connectivity index (χ1n) is 7.89. The number of hydrogen-bond donors (Lipinski definition) is 1. The van der Waals surface area contributed by atoms with Crippen LogP contribution in [0.4, 0.5) is 10.1 Å². The third-order valence-corrected chi connectivity index (χ3v) is 3.97. The third-order valence-electron chi connectivity index (χ3n) is 3.69. The van der Waals surface area contributed by atoms with Crippen molar-refractivity contribution in [2.45, 2.75) is 6.92 Å². The molecule has 1 fully saturated rings. The van der Waals surface area contributed by atoms with E-state index in [-0.39, 0.29) is 10.7 Å². The fourth-order valence-electron chi connectivity index (χ4n) is 2.48. The summed E-state index contributed by atoms with van der Waals surface area (Å²) in [6.07, 6.45) is 1.48. The van der Waals surface area contributed by atoms with Gasteiger partial charge in [-0.05, 0) is 67.2 Å². The van der Waals surface area contributed by atoms with Gasteiger partial charge in [-0.25, -0.2) is 4.39 Å². The molecule has 5 nitrogen and oxygen atoms in total. The Morgan fingerprint density at radius 2 is 1.77 bits per heavy atom. The molecule has 2 aromatic rings. The summed E-state index contributed by atoms with van der Waals surface area (Å²) < 4.78 is 18.5. The summed E-state index contributed by atoms with van der Waals surface area (Å²) in [6.45, 7) is 2.43. The van der Waals surface area contributed by atoms with Crippen LogP contribution in [0.25, 0.3) is 6.08 Å². The molecule has 1 heterocycles. The molecule has 3 rings (SSSR count). The first-order valence-corrected chi connectivity index (χ1v) is 8.30. The van der Waals surface area contributed by atoms with Crippen LogP contribution in [0.3, 0.4) is 0 Å². The van der Waals surface area contributed by atoms with Crippen LogP contribution in [0, 0.1) is 5.82 Å². The molecule has 0 bridgehead atoms. The van der Waals surface area contributed by atoms with Gasteiger partial charge in [0.25, 0.3) is 11.8 Å². The zero-order valence-corrected chi connectivity index (χ0v) is 14.7. The summed E-state index contributed by atoms with van der Waals surface area (Å²) in [7, 11) is 0. The average molecular weight is 370 g/mol. The third kappa shape index (κ3) is 3.62. The van der Waals surface area contributed by atoms with Gasteiger partial charge in [-0.3, -0.25) is 19.8 Å². The van der Waals surface area contributed by atoms with Crippen LogP contribution >= 0.6 is 12.2 Å². The highest BCUT2D eigenvalue weighted by atomic mass is 32.1. The highest BCUT2D eigenvalue weighted by molar-refractivity contribution is 7.80. The molecule has 1 aliphatic heterocycles. The van der Waals surface area contributed by atoms with Crippen molar-refractivity contribution in [2.75, 3.05) is 11.5 Å². The summed E-state index contributed by atoms with van der Waals surface area (Å²) in [6, 6.07) is 12.3. The Balaban J connectivity index is 1.93. The van der Waals surface area contributed by atoms with E-state index in [0.717, 1.165) is 4.90 Å². The predicted molar refractivity (Wildman–Crippen MR) is 100 cm³/mol. The maximum absolute atomic E-state index is 13.1. The van der Waals surface area contributed by atoms with E-state index in [1.807, 2.05) is 6.92 Å². The number of anilines is 1. The van der Waals surface area contributed by atoms with Crippen molar-refractivity contribution in [3.8, 4) is 5.75 Å². The number of ether oxygens (including phenoxy) is 1. The van der Waals surface area contributed by atoms with Crippen LogP contribution < -0.4 is 15.0 Å². The lowest BCUT2D eigenvalue weighted by molar-refractivity contribution is -0.122. The molecule has 2 amide bonds. The van der Waals surface area contributed by atoms with Gasteiger partial charge in [-0.15, -0.1) is 0 Å². The summed E-state index contributed by atoms with van der Waals surface area (Å²) in [5.41, 5.74) is 0.977. The summed E-state index contributed by atoms with van der Waals surface area (Å²) in [5.74, 6) is -0.881. The maximum Gasteiger partial charge on any atom is 0.270 e. The normalized spacial score (nSPS) is 16.0. The van der Waals surface area contributed by atoms with Crippen LogP contribution in [0.1, 0.15) is 12.5 Å². The van der Waals surface area contributed by atoms with E-state index in [1.54, 1.807) is 24.3 Å². The first kappa shape index (κ1) is 17.8. The molecule has 0 spiro atoms. The quantitative estimate of drug-likeness (QED) is 0.511. The second-order valence-corrected chi connectivity index (χ2v) is 5.82. The molecule has 1 saturated heterocycles. The Hall–Kier alpha value is -3.06. The van der Waals surface area contributed by atoms with E-state index in [4.69, 9.17) is 17.0 Å². The number of carbonyl (C=O) groups excluding carboxylic acids is 2. The molecule has 0 atom stereocenters. The monoisotopic (exact) mass is 370 g/mol. The maximum atomic E-state index is 13.1. The Labute approximate surface area is 155 Å². The van der Waals surface area contributed by atoms with Gasteiger partial charge < -0.3 is 4.74 Å². The zero-order valence-electron chi connectivity index (χ0n) is 13.9. The molecule has 0 radical (unpaired) electrons. The van der Waals surface area contributed by atoms with Gasteiger partial charge >= 0.3 is 0 Å². The molecule has 0 aromatic heterocycles. The molecule has 0 aliphatic carbocycles. The minimum atomic E-state index is -0.577. The van der Waals surface area contributed by atoms with Crippen LogP contribution in [-0.4, -0.2) is 23.5 Å². The van der Waals surface area contributed by atoms with Gasteiger partial charge in [-0.1, -0.05) is 12.1 Å². The van der Waals surface area contributed by atoms with Crippen molar-refractivity contribution in [1.29, 1.82) is 0 Å². The van der Waals surface area contributed by atoms with Crippen molar-refractivity contribution in [3.63, 3.8) is 0 Å². The lowest BCUT2D eigenvalue weighted by Crippen LogP contribution is -2.54. The van der Waals surface area contributed by atoms with E-state index in [9.17, 15) is 14.0 Å². The number of amides is 2. The molecule has 1 N–H and O–H groups in total. The standard InChI is InChI=1S/C19H15FN2O3S/c1-2-25-15-9-3-12(4-10-15)11-16-17(23)21-19(26)22(18(16)24)14-7-5-13(20)6-8-14/h3-11H,2H2,1H3,(H,21,23,26)/b16-11-. The average Bonchev–Trinajstić information content (AvgIpc) is 2.62. The lowest BCUT2D eigenvalue weighted by Gasteiger charge is -2.28. The largest absolute Gasteiger partial charge is 0.494 e. The number of rotatable bonds is 4. The number of nitrogens with zero attached hydrogens (tertiary/aromatic N) is 1. The van der Waals surface area contributed by atoms with Gasteiger partial charge in [0.2, 0.25) is 0 Å². The van der Waals surface area contributed by atoms with E-state index in [1.165, 1.54) is 30.3 Å². The van der Waals surface area contributed by atoms with E-state index in [2.05, 4.69) is 5.32 Å². The van der Waals surface area contributed by atoms with Crippen LogP contribution in [0.5, 0.6) is 5.75 Å². The van der Waals surface area contributed by atoms with Crippen LogP contribution in [0.2, 0.25) is 0 Å². The Kier molecular flexibility index (Phi) is 5.09. The minimum absolute atomic E-state index is 0.0459. The first-order chi connectivity index (χ1) is 12.5. The molecule has 1 aliphatic rings. The van der Waals surface area contributed by atoms with Crippen molar-refractivity contribution in [1.82, 2.24) is 5.32 Å². The number of nitrogens with one attached hydrogen (secondary N) is 1. The minimum Gasteiger partial charge on any atom is -0.494 e. The fourth-order valence-corrected chi connectivity index (χ4v) is 2.76. The highest BCUT2D eigenvalue weighted by Crippen LogP contribution is 2.23. The highest BCUT2D eigenvalue weighted by Gasteiger charge is 2.34. The number of hydrogen-bond acceptors (Lipinski definition) is 4. The molecular formula is C19H15FN2O3S. The topological polar surface area (TPSA) is 58.6 Å². The van der Waals surface area contributed by atoms with Crippen molar-refractivity contribution in [2.24, 2.45) is 0 Å². The lowest BCUT2D eigenvalue weighted by atomic mass is 10.1. The molecule has 132 valence electrons. The fraction of sp³-hybridized carbons (Fsp3) is 0.105. The Morgan fingerprint density at radius 1 is 1.12 bits per heavy atom. The van der Waals surface area contributed by atoms with Crippen LogP contribution in [-0.2, 0) is 9.59 Å². The number of thiocarbonyl (C=S) groups is 1. The second-order valence-electron chi connectivity index (χ2n) is 5.44. The van der Waals surface area contributed by atoms with E-state index < -0.39 is 17.6 Å². The SMILES string of the molecule is CCOc1ccc(/C=C2/C(=O)NC(=S)N(c3ccc(F)cc3)C2=O)cc1. The zero-order chi connectivity index (χ0) is 18.7. The summed E-state index contributed by atoms with van der Waals surface area (Å²) in [5, 5.41) is 2.44. The predicted octanol–water partition coefficient (Wildman–Crippen LogP) is 3.06.